The van der Waals surface area contributed by atoms with Gasteiger partial charge in [-0.05, 0) is 51.6 Å². The molecule has 0 aromatic heterocycles. The largest absolute Gasteiger partial charge is 0.479 e. The van der Waals surface area contributed by atoms with Gasteiger partial charge >= 0.3 is 0 Å². The first-order chi connectivity index (χ1) is 9.61. The highest BCUT2D eigenvalue weighted by Crippen LogP contribution is 2.32. The van der Waals surface area contributed by atoms with Crippen molar-refractivity contribution in [3.8, 4) is 5.75 Å². The summed E-state index contributed by atoms with van der Waals surface area (Å²) in [6.07, 6.45) is 1.98. The van der Waals surface area contributed by atoms with Gasteiger partial charge in [-0.2, -0.15) is 0 Å². The molecule has 20 heavy (non-hydrogen) atoms. The molecule has 1 saturated heterocycles. The van der Waals surface area contributed by atoms with Gasteiger partial charge in [-0.15, -0.1) is 0 Å². The summed E-state index contributed by atoms with van der Waals surface area (Å²) in [4.78, 5) is 14.0. The Kier molecular flexibility index (Phi) is 3.53. The van der Waals surface area contributed by atoms with Crippen LogP contribution in [0.1, 0.15) is 19.8 Å². The summed E-state index contributed by atoms with van der Waals surface area (Å²) in [6, 6.07) is 6.34. The average molecular weight is 275 g/mol. The molecule has 1 aromatic carbocycles. The van der Waals surface area contributed by atoms with Crippen LogP contribution < -0.4 is 15.4 Å². The molecule has 2 heterocycles. The number of carbonyl (C=O) groups excluding carboxylic acids is 1. The Balaban J connectivity index is 1.72. The van der Waals surface area contributed by atoms with Crippen molar-refractivity contribution in [2.45, 2.75) is 31.9 Å². The molecule has 108 valence electrons. The molecule has 2 aliphatic rings. The molecule has 2 N–H and O–H groups in total. The predicted molar refractivity (Wildman–Crippen MR) is 79.3 cm³/mol. The first-order valence-corrected chi connectivity index (χ1v) is 7.18. The Morgan fingerprint density at radius 2 is 2.30 bits per heavy atom. The van der Waals surface area contributed by atoms with E-state index in [2.05, 4.69) is 22.6 Å². The Bertz CT molecular complexity index is 518. The van der Waals surface area contributed by atoms with Crippen LogP contribution in [0.3, 0.4) is 0 Å². The summed E-state index contributed by atoms with van der Waals surface area (Å²) in [5.74, 6) is 0.649. The molecule has 1 amide bonds. The monoisotopic (exact) mass is 275 g/mol. The number of benzene rings is 1. The number of hydrogen-bond acceptors (Lipinski definition) is 4. The van der Waals surface area contributed by atoms with Crippen molar-refractivity contribution in [3.63, 3.8) is 0 Å². The molecule has 5 nitrogen and oxygen atoms in total. The fraction of sp³-hybridized carbons (Fsp3) is 0.533. The lowest BCUT2D eigenvalue weighted by atomic mass is 10.1. The Hall–Kier alpha value is -1.75. The van der Waals surface area contributed by atoms with Crippen molar-refractivity contribution >= 4 is 17.3 Å². The quantitative estimate of drug-likeness (QED) is 0.865. The van der Waals surface area contributed by atoms with Crippen molar-refractivity contribution in [1.29, 1.82) is 0 Å². The van der Waals surface area contributed by atoms with E-state index in [4.69, 9.17) is 4.74 Å². The van der Waals surface area contributed by atoms with Crippen molar-refractivity contribution in [1.82, 2.24) is 4.90 Å². The zero-order valence-electron chi connectivity index (χ0n) is 12.0. The number of rotatable bonds is 2. The summed E-state index contributed by atoms with van der Waals surface area (Å²) in [7, 11) is 2.15. The minimum Gasteiger partial charge on any atom is -0.479 e. The van der Waals surface area contributed by atoms with E-state index < -0.39 is 6.10 Å². The zero-order chi connectivity index (χ0) is 14.1. The summed E-state index contributed by atoms with van der Waals surface area (Å²) >= 11 is 0. The molecule has 5 heteroatoms. The second kappa shape index (κ2) is 5.32. The smallest absolute Gasteiger partial charge is 0.265 e. The fourth-order valence-corrected chi connectivity index (χ4v) is 2.82. The predicted octanol–water partition coefficient (Wildman–Crippen LogP) is 1.91. The van der Waals surface area contributed by atoms with E-state index in [9.17, 15) is 4.79 Å². The van der Waals surface area contributed by atoms with E-state index in [0.717, 1.165) is 23.7 Å². The van der Waals surface area contributed by atoms with Gasteiger partial charge in [-0.25, -0.2) is 0 Å². The maximum Gasteiger partial charge on any atom is 0.265 e. The van der Waals surface area contributed by atoms with Crippen LogP contribution in [0, 0.1) is 0 Å². The van der Waals surface area contributed by atoms with Gasteiger partial charge in [0.2, 0.25) is 0 Å². The molecule has 0 spiro atoms. The topological polar surface area (TPSA) is 53.6 Å². The number of carbonyl (C=O) groups is 1. The van der Waals surface area contributed by atoms with Gasteiger partial charge < -0.3 is 20.3 Å². The first-order valence-electron chi connectivity index (χ1n) is 7.18. The minimum atomic E-state index is -0.423. The standard InChI is InChI=1S/C15H21N3O2/c1-10-15(19)17-13-8-11(5-6-14(13)20-10)16-12-4-3-7-18(2)9-12/h5-6,8,10,12,16H,3-4,7,9H2,1-2H3,(H,17,19). The zero-order valence-corrected chi connectivity index (χ0v) is 12.0. The molecule has 2 unspecified atom stereocenters. The highest BCUT2D eigenvalue weighted by Gasteiger charge is 2.24. The molecule has 0 bridgehead atoms. The fourth-order valence-electron chi connectivity index (χ4n) is 2.82. The second-order valence-corrected chi connectivity index (χ2v) is 5.71. The van der Waals surface area contributed by atoms with Crippen molar-refractivity contribution in [2.24, 2.45) is 0 Å². The van der Waals surface area contributed by atoms with E-state index in [0.29, 0.717) is 6.04 Å². The van der Waals surface area contributed by atoms with Crippen LogP contribution in [0.15, 0.2) is 18.2 Å². The molecule has 3 rings (SSSR count). The maximum absolute atomic E-state index is 11.6. The van der Waals surface area contributed by atoms with Gasteiger partial charge in [-0.1, -0.05) is 0 Å². The van der Waals surface area contributed by atoms with Crippen LogP contribution in [0.4, 0.5) is 11.4 Å². The summed E-state index contributed by atoms with van der Waals surface area (Å²) in [6.45, 7) is 3.98. The third-order valence-corrected chi connectivity index (χ3v) is 3.91. The van der Waals surface area contributed by atoms with E-state index in [-0.39, 0.29) is 5.91 Å². The molecule has 0 radical (unpaired) electrons. The van der Waals surface area contributed by atoms with Gasteiger partial charge in [0.05, 0.1) is 5.69 Å². The normalized spacial score (nSPS) is 26.4. The summed E-state index contributed by atoms with van der Waals surface area (Å²) < 4.78 is 5.56. The highest BCUT2D eigenvalue weighted by atomic mass is 16.5. The lowest BCUT2D eigenvalue weighted by molar-refractivity contribution is -0.122. The summed E-state index contributed by atoms with van der Waals surface area (Å²) in [5.41, 5.74) is 1.78. The van der Waals surface area contributed by atoms with Crippen LogP contribution in [0.5, 0.6) is 5.75 Å². The Morgan fingerprint density at radius 3 is 3.10 bits per heavy atom. The number of hydrogen-bond donors (Lipinski definition) is 2. The number of ether oxygens (including phenoxy) is 1. The van der Waals surface area contributed by atoms with Gasteiger partial charge in [0.1, 0.15) is 5.75 Å². The number of likely N-dealkylation sites (tertiary alicyclic amines) is 1. The van der Waals surface area contributed by atoms with Gasteiger partial charge in [0, 0.05) is 18.3 Å². The molecule has 0 saturated carbocycles. The van der Waals surface area contributed by atoms with Crippen molar-refractivity contribution < 1.29 is 9.53 Å². The Morgan fingerprint density at radius 1 is 1.45 bits per heavy atom. The SMILES string of the molecule is CC1Oc2ccc(NC3CCCN(C)C3)cc2NC1=O. The average Bonchev–Trinajstić information content (AvgIpc) is 2.40. The lowest BCUT2D eigenvalue weighted by Gasteiger charge is -2.31. The molecule has 2 aliphatic heterocycles. The highest BCUT2D eigenvalue weighted by molar-refractivity contribution is 5.98. The van der Waals surface area contributed by atoms with Crippen LogP contribution in [0.25, 0.3) is 0 Å². The number of nitrogens with zero attached hydrogens (tertiary/aromatic N) is 1. The molecule has 0 aliphatic carbocycles. The van der Waals surface area contributed by atoms with E-state index in [1.807, 2.05) is 18.2 Å². The third kappa shape index (κ3) is 2.72. The van der Waals surface area contributed by atoms with Crippen LogP contribution in [-0.2, 0) is 4.79 Å². The van der Waals surface area contributed by atoms with Gasteiger partial charge in [0.25, 0.3) is 5.91 Å². The van der Waals surface area contributed by atoms with Crippen LogP contribution >= 0.6 is 0 Å². The number of likely N-dealkylation sites (N-methyl/N-ethyl adjacent to an activating group) is 1. The van der Waals surface area contributed by atoms with E-state index >= 15 is 0 Å². The molecule has 1 fully saturated rings. The molecule has 1 aromatic rings. The van der Waals surface area contributed by atoms with Crippen LogP contribution in [0.2, 0.25) is 0 Å². The lowest BCUT2D eigenvalue weighted by Crippen LogP contribution is -2.39. The first kappa shape index (κ1) is 13.2. The third-order valence-electron chi connectivity index (χ3n) is 3.91. The maximum atomic E-state index is 11.6. The Labute approximate surface area is 119 Å². The van der Waals surface area contributed by atoms with Crippen LogP contribution in [-0.4, -0.2) is 43.1 Å². The number of fused-ring (bicyclic) bond motifs is 1. The van der Waals surface area contributed by atoms with Crippen molar-refractivity contribution in [3.05, 3.63) is 18.2 Å². The van der Waals surface area contributed by atoms with E-state index in [1.54, 1.807) is 6.92 Å². The number of piperidine rings is 1. The molecular formula is C15H21N3O2. The molecule has 2 atom stereocenters. The van der Waals surface area contributed by atoms with Crippen molar-refractivity contribution in [2.75, 3.05) is 30.8 Å². The summed E-state index contributed by atoms with van der Waals surface area (Å²) in [5, 5.41) is 6.42. The van der Waals surface area contributed by atoms with Gasteiger partial charge in [0.15, 0.2) is 6.10 Å². The number of amides is 1. The number of anilines is 2. The number of nitrogens with one attached hydrogen (secondary N) is 2. The van der Waals surface area contributed by atoms with Gasteiger partial charge in [-0.3, -0.25) is 4.79 Å². The van der Waals surface area contributed by atoms with E-state index in [1.165, 1.54) is 19.4 Å². The molecular weight excluding hydrogens is 254 g/mol. The minimum absolute atomic E-state index is 0.0907. The second-order valence-electron chi connectivity index (χ2n) is 5.71.